The van der Waals surface area contributed by atoms with Gasteiger partial charge in [-0.3, -0.25) is 4.79 Å². The van der Waals surface area contributed by atoms with E-state index < -0.39 is 0 Å². The molecule has 1 saturated heterocycles. The summed E-state index contributed by atoms with van der Waals surface area (Å²) >= 11 is 0. The first kappa shape index (κ1) is 9.24. The van der Waals surface area contributed by atoms with Crippen LogP contribution >= 0.6 is 0 Å². The van der Waals surface area contributed by atoms with Crippen LogP contribution in [0.15, 0.2) is 18.7 Å². The molecule has 1 fully saturated rings. The van der Waals surface area contributed by atoms with E-state index in [-0.39, 0.29) is 17.5 Å². The average molecular weight is 193 g/mol. The maximum Gasteiger partial charge on any atom is 0.231 e. The van der Waals surface area contributed by atoms with Crippen molar-refractivity contribution in [1.82, 2.24) is 14.9 Å². The number of amides is 1. The maximum atomic E-state index is 11.6. The van der Waals surface area contributed by atoms with Crippen LogP contribution in [0.4, 0.5) is 0 Å². The van der Waals surface area contributed by atoms with Gasteiger partial charge in [0.25, 0.3) is 0 Å². The average Bonchev–Trinajstić information content (AvgIpc) is 2.69. The highest BCUT2D eigenvalue weighted by molar-refractivity contribution is 5.89. The zero-order chi connectivity index (χ0) is 10.2. The summed E-state index contributed by atoms with van der Waals surface area (Å²) in [5, 5.41) is 2.92. The van der Waals surface area contributed by atoms with Crippen molar-refractivity contribution >= 4 is 5.91 Å². The van der Waals surface area contributed by atoms with Crippen LogP contribution in [0.1, 0.15) is 32.9 Å². The Morgan fingerprint density at radius 1 is 1.57 bits per heavy atom. The van der Waals surface area contributed by atoms with E-state index in [2.05, 4.69) is 24.1 Å². The van der Waals surface area contributed by atoms with E-state index in [1.807, 2.05) is 10.8 Å². The molecule has 14 heavy (non-hydrogen) atoms. The lowest BCUT2D eigenvalue weighted by atomic mass is 9.72. The van der Waals surface area contributed by atoms with Gasteiger partial charge >= 0.3 is 0 Å². The van der Waals surface area contributed by atoms with Crippen LogP contribution in [0.5, 0.6) is 0 Å². The number of hydrogen-bond acceptors (Lipinski definition) is 2. The molecule has 1 aliphatic rings. The Hall–Kier alpha value is -1.32. The van der Waals surface area contributed by atoms with Crippen molar-refractivity contribution in [3.63, 3.8) is 0 Å². The molecule has 1 amide bonds. The zero-order valence-electron chi connectivity index (χ0n) is 8.53. The Kier molecular flexibility index (Phi) is 2.06. The van der Waals surface area contributed by atoms with E-state index >= 15 is 0 Å². The highest BCUT2D eigenvalue weighted by atomic mass is 16.2. The molecule has 2 rings (SSSR count). The summed E-state index contributed by atoms with van der Waals surface area (Å²) in [7, 11) is 0. The standard InChI is InChI=1S/C10H15N3O/c1-3-10(4-2)8(12-9(10)14)13-6-5-11-7-13/h5-8H,3-4H2,1-2H3,(H,12,14). The number of carbonyl (C=O) groups excluding carboxylic acids is 1. The van der Waals surface area contributed by atoms with Gasteiger partial charge in [0.05, 0.1) is 11.7 Å². The number of hydrogen-bond donors (Lipinski definition) is 1. The third kappa shape index (κ3) is 0.997. The Bertz CT molecular complexity index is 327. The molecule has 0 spiro atoms. The van der Waals surface area contributed by atoms with Gasteiger partial charge in [-0.2, -0.15) is 0 Å². The molecule has 2 heterocycles. The summed E-state index contributed by atoms with van der Waals surface area (Å²) in [5.41, 5.74) is -0.222. The van der Waals surface area contributed by atoms with Crippen molar-refractivity contribution < 1.29 is 4.79 Å². The quantitative estimate of drug-likeness (QED) is 0.736. The van der Waals surface area contributed by atoms with Crippen molar-refractivity contribution in [2.24, 2.45) is 5.41 Å². The van der Waals surface area contributed by atoms with Gasteiger partial charge in [-0.1, -0.05) is 13.8 Å². The van der Waals surface area contributed by atoms with Crippen molar-refractivity contribution in [2.75, 3.05) is 0 Å². The third-order valence-electron chi connectivity index (χ3n) is 3.33. The number of carbonyl (C=O) groups is 1. The monoisotopic (exact) mass is 193 g/mol. The SMILES string of the molecule is CCC1(CC)C(=O)NC1n1ccnc1. The fourth-order valence-corrected chi connectivity index (χ4v) is 2.19. The number of rotatable bonds is 3. The molecule has 4 nitrogen and oxygen atoms in total. The lowest BCUT2D eigenvalue weighted by Gasteiger charge is -2.48. The van der Waals surface area contributed by atoms with Gasteiger partial charge in [-0.15, -0.1) is 0 Å². The zero-order valence-corrected chi connectivity index (χ0v) is 8.53. The van der Waals surface area contributed by atoms with E-state index in [4.69, 9.17) is 0 Å². The fraction of sp³-hybridized carbons (Fsp3) is 0.600. The molecule has 0 bridgehead atoms. The minimum atomic E-state index is -0.222. The maximum absolute atomic E-state index is 11.6. The van der Waals surface area contributed by atoms with Gasteiger partial charge in [0, 0.05) is 12.4 Å². The third-order valence-corrected chi connectivity index (χ3v) is 3.33. The first-order chi connectivity index (χ1) is 6.74. The number of aromatic nitrogens is 2. The summed E-state index contributed by atoms with van der Waals surface area (Å²) < 4.78 is 1.97. The predicted octanol–water partition coefficient (Wildman–Crippen LogP) is 1.32. The minimum absolute atomic E-state index is 0.0903. The van der Waals surface area contributed by atoms with Crippen molar-refractivity contribution in [1.29, 1.82) is 0 Å². The molecule has 1 aliphatic heterocycles. The smallest absolute Gasteiger partial charge is 0.231 e. The van der Waals surface area contributed by atoms with E-state index in [9.17, 15) is 4.79 Å². The summed E-state index contributed by atoms with van der Waals surface area (Å²) in [6, 6.07) is 0. The number of imidazole rings is 1. The minimum Gasteiger partial charge on any atom is -0.334 e. The second-order valence-corrected chi connectivity index (χ2v) is 3.75. The highest BCUT2D eigenvalue weighted by Crippen LogP contribution is 2.44. The molecule has 0 aliphatic carbocycles. The Morgan fingerprint density at radius 3 is 2.71 bits per heavy atom. The molecule has 0 radical (unpaired) electrons. The van der Waals surface area contributed by atoms with E-state index in [1.54, 1.807) is 12.5 Å². The molecule has 0 saturated carbocycles. The molecule has 1 aromatic heterocycles. The summed E-state index contributed by atoms with van der Waals surface area (Å²) in [5.74, 6) is 0.168. The first-order valence-electron chi connectivity index (χ1n) is 5.03. The van der Waals surface area contributed by atoms with Gasteiger partial charge in [-0.05, 0) is 12.8 Å². The normalized spacial score (nSPS) is 24.1. The van der Waals surface area contributed by atoms with Gasteiger partial charge in [0.15, 0.2) is 0 Å². The van der Waals surface area contributed by atoms with Crippen LogP contribution in [0, 0.1) is 5.41 Å². The van der Waals surface area contributed by atoms with Gasteiger partial charge in [0.2, 0.25) is 5.91 Å². The topological polar surface area (TPSA) is 46.9 Å². The molecule has 1 aromatic rings. The highest BCUT2D eigenvalue weighted by Gasteiger charge is 2.53. The largest absolute Gasteiger partial charge is 0.334 e. The Morgan fingerprint density at radius 2 is 2.29 bits per heavy atom. The van der Waals surface area contributed by atoms with Gasteiger partial charge in [0.1, 0.15) is 6.17 Å². The number of nitrogens with zero attached hydrogens (tertiary/aromatic N) is 2. The number of nitrogens with one attached hydrogen (secondary N) is 1. The Balaban J connectivity index is 2.27. The van der Waals surface area contributed by atoms with Crippen molar-refractivity contribution in [2.45, 2.75) is 32.9 Å². The van der Waals surface area contributed by atoms with E-state index in [0.29, 0.717) is 0 Å². The van der Waals surface area contributed by atoms with Crippen molar-refractivity contribution in [3.05, 3.63) is 18.7 Å². The summed E-state index contributed by atoms with van der Waals surface area (Å²) in [6.45, 7) is 4.12. The molecule has 76 valence electrons. The van der Waals surface area contributed by atoms with Gasteiger partial charge in [-0.25, -0.2) is 4.98 Å². The van der Waals surface area contributed by atoms with Crippen LogP contribution in [-0.2, 0) is 4.79 Å². The lowest BCUT2D eigenvalue weighted by molar-refractivity contribution is -0.152. The van der Waals surface area contributed by atoms with Crippen LogP contribution in [-0.4, -0.2) is 15.5 Å². The summed E-state index contributed by atoms with van der Waals surface area (Å²) in [4.78, 5) is 15.6. The van der Waals surface area contributed by atoms with E-state index in [1.165, 1.54) is 0 Å². The molecule has 1 unspecified atom stereocenters. The molecular weight excluding hydrogens is 178 g/mol. The second-order valence-electron chi connectivity index (χ2n) is 3.75. The Labute approximate surface area is 83.3 Å². The van der Waals surface area contributed by atoms with E-state index in [0.717, 1.165) is 12.8 Å². The molecule has 1 atom stereocenters. The predicted molar refractivity (Wildman–Crippen MR) is 52.4 cm³/mol. The first-order valence-corrected chi connectivity index (χ1v) is 5.03. The molecular formula is C10H15N3O. The van der Waals surface area contributed by atoms with Crippen LogP contribution in [0.3, 0.4) is 0 Å². The second kappa shape index (κ2) is 3.12. The molecule has 1 N–H and O–H groups in total. The molecule has 4 heteroatoms. The van der Waals surface area contributed by atoms with Crippen LogP contribution in [0.2, 0.25) is 0 Å². The lowest BCUT2D eigenvalue weighted by Crippen LogP contribution is -2.62. The summed E-state index contributed by atoms with van der Waals surface area (Å²) in [6.07, 6.45) is 7.22. The van der Waals surface area contributed by atoms with Gasteiger partial charge < -0.3 is 9.88 Å². The van der Waals surface area contributed by atoms with Crippen molar-refractivity contribution in [3.8, 4) is 0 Å². The van der Waals surface area contributed by atoms with Crippen LogP contribution in [0.25, 0.3) is 0 Å². The van der Waals surface area contributed by atoms with Crippen LogP contribution < -0.4 is 5.32 Å². The molecule has 0 aromatic carbocycles. The fourth-order valence-electron chi connectivity index (χ4n) is 2.19. The number of β-lactam (4-membered cyclic amide) rings is 1.